The molecule has 0 aromatic heterocycles. The van der Waals surface area contributed by atoms with Crippen LogP contribution in [0.2, 0.25) is 0 Å². The summed E-state index contributed by atoms with van der Waals surface area (Å²) in [5.74, 6) is 0. The van der Waals surface area contributed by atoms with Crippen LogP contribution in [0.5, 0.6) is 0 Å². The van der Waals surface area contributed by atoms with E-state index in [-0.39, 0.29) is 11.6 Å². The molecule has 0 saturated carbocycles. The highest BCUT2D eigenvalue weighted by Gasteiger charge is 2.46. The largest absolute Gasteiger partial charge is 0.372 e. The van der Waals surface area contributed by atoms with E-state index in [0.29, 0.717) is 6.04 Å². The van der Waals surface area contributed by atoms with E-state index in [2.05, 4.69) is 34.6 Å². The Morgan fingerprint density at radius 1 is 1.04 bits per heavy atom. The van der Waals surface area contributed by atoms with Crippen LogP contribution in [0, 0.1) is 11.3 Å². The molecule has 0 aromatic carbocycles. The van der Waals surface area contributed by atoms with Crippen molar-refractivity contribution in [1.82, 2.24) is 14.7 Å². The fourth-order valence-corrected chi connectivity index (χ4v) is 4.91. The molecule has 0 aliphatic carbocycles. The Hall–Kier alpha value is -0.670. The maximum Gasteiger partial charge on any atom is 0.127 e. The van der Waals surface area contributed by atoms with Crippen molar-refractivity contribution in [3.05, 3.63) is 0 Å². The summed E-state index contributed by atoms with van der Waals surface area (Å²) in [5, 5.41) is 9.82. The standard InChI is InChI=1S/C20H36N4O/c1-18(2)23-14-12-22(13-15-23)9-6-11-24-10-5-8-20(19(24)17-21)7-3-4-16-25-20/h18-19H,3-16H2,1-2H3/t19-,20+/m1/s1. The van der Waals surface area contributed by atoms with Gasteiger partial charge in [0.1, 0.15) is 6.04 Å². The molecule has 3 aliphatic rings. The van der Waals surface area contributed by atoms with Crippen LogP contribution >= 0.6 is 0 Å². The van der Waals surface area contributed by atoms with Gasteiger partial charge >= 0.3 is 0 Å². The fourth-order valence-electron chi connectivity index (χ4n) is 4.91. The van der Waals surface area contributed by atoms with Crippen molar-refractivity contribution in [2.75, 3.05) is 52.4 Å². The van der Waals surface area contributed by atoms with Gasteiger partial charge in [-0.3, -0.25) is 9.80 Å². The molecular weight excluding hydrogens is 312 g/mol. The van der Waals surface area contributed by atoms with Crippen molar-refractivity contribution < 1.29 is 4.74 Å². The first kappa shape index (κ1) is 19.1. The number of hydrogen-bond acceptors (Lipinski definition) is 5. The monoisotopic (exact) mass is 348 g/mol. The first-order chi connectivity index (χ1) is 12.1. The smallest absolute Gasteiger partial charge is 0.127 e. The third kappa shape index (κ3) is 4.54. The summed E-state index contributed by atoms with van der Waals surface area (Å²) < 4.78 is 6.19. The van der Waals surface area contributed by atoms with E-state index in [9.17, 15) is 5.26 Å². The highest BCUT2D eigenvalue weighted by molar-refractivity contribution is 5.10. The van der Waals surface area contributed by atoms with Crippen LogP contribution < -0.4 is 0 Å². The molecule has 2 atom stereocenters. The lowest BCUT2D eigenvalue weighted by molar-refractivity contribution is -0.136. The highest BCUT2D eigenvalue weighted by Crippen LogP contribution is 2.38. The van der Waals surface area contributed by atoms with Gasteiger partial charge in [0.15, 0.2) is 0 Å². The van der Waals surface area contributed by atoms with Crippen LogP contribution in [-0.2, 0) is 4.74 Å². The van der Waals surface area contributed by atoms with E-state index in [1.165, 1.54) is 39.0 Å². The molecule has 0 amide bonds. The maximum absolute atomic E-state index is 9.82. The Balaban J connectivity index is 1.45. The van der Waals surface area contributed by atoms with E-state index in [0.717, 1.165) is 51.9 Å². The third-order valence-electron chi connectivity index (χ3n) is 6.47. The molecule has 3 saturated heterocycles. The number of rotatable bonds is 5. The van der Waals surface area contributed by atoms with E-state index >= 15 is 0 Å². The Morgan fingerprint density at radius 3 is 2.44 bits per heavy atom. The molecular formula is C20H36N4O. The molecule has 3 heterocycles. The van der Waals surface area contributed by atoms with Crippen LogP contribution in [-0.4, -0.2) is 84.8 Å². The minimum atomic E-state index is -0.172. The van der Waals surface area contributed by atoms with Gasteiger partial charge < -0.3 is 9.64 Å². The van der Waals surface area contributed by atoms with Crippen LogP contribution in [0.1, 0.15) is 52.4 Å². The molecule has 1 spiro atoms. The molecule has 142 valence electrons. The molecule has 0 aromatic rings. The second kappa shape index (κ2) is 8.81. The summed E-state index contributed by atoms with van der Waals surface area (Å²) in [6, 6.07) is 3.22. The molecule has 3 fully saturated rings. The predicted molar refractivity (Wildman–Crippen MR) is 101 cm³/mol. The summed E-state index contributed by atoms with van der Waals surface area (Å²) in [6.07, 6.45) is 6.84. The number of hydrogen-bond donors (Lipinski definition) is 0. The van der Waals surface area contributed by atoms with Crippen LogP contribution in [0.25, 0.3) is 0 Å². The Labute approximate surface area is 153 Å². The normalized spacial score (nSPS) is 33.0. The zero-order chi connectivity index (χ0) is 17.7. The molecule has 0 bridgehead atoms. The number of ether oxygens (including phenoxy) is 1. The average molecular weight is 349 g/mol. The van der Waals surface area contributed by atoms with Gasteiger partial charge in [-0.2, -0.15) is 5.26 Å². The van der Waals surface area contributed by atoms with Crippen LogP contribution in [0.3, 0.4) is 0 Å². The minimum Gasteiger partial charge on any atom is -0.372 e. The van der Waals surface area contributed by atoms with E-state index < -0.39 is 0 Å². The first-order valence-corrected chi connectivity index (χ1v) is 10.4. The molecule has 0 N–H and O–H groups in total. The van der Waals surface area contributed by atoms with Gasteiger partial charge in [0.25, 0.3) is 0 Å². The SMILES string of the molecule is CC(C)N1CCN(CCCN2CCC[C@@]3(CCCCO3)[C@H]2C#N)CC1. The van der Waals surface area contributed by atoms with Gasteiger partial charge in [-0.05, 0) is 65.5 Å². The predicted octanol–water partition coefficient (Wildman–Crippen LogP) is 2.33. The van der Waals surface area contributed by atoms with Crippen molar-refractivity contribution in [1.29, 1.82) is 5.26 Å². The molecule has 5 heteroatoms. The van der Waals surface area contributed by atoms with E-state index in [1.54, 1.807) is 0 Å². The third-order valence-corrected chi connectivity index (χ3v) is 6.47. The lowest BCUT2D eigenvalue weighted by atomic mass is 9.79. The number of piperazine rings is 1. The summed E-state index contributed by atoms with van der Waals surface area (Å²) >= 11 is 0. The Bertz CT molecular complexity index is 442. The number of likely N-dealkylation sites (tertiary alicyclic amines) is 1. The Kier molecular flexibility index (Phi) is 6.73. The van der Waals surface area contributed by atoms with Gasteiger partial charge in [0, 0.05) is 45.4 Å². The van der Waals surface area contributed by atoms with Gasteiger partial charge in [-0.25, -0.2) is 0 Å². The zero-order valence-electron chi connectivity index (χ0n) is 16.3. The molecule has 3 aliphatic heterocycles. The molecule has 0 radical (unpaired) electrons. The molecule has 5 nitrogen and oxygen atoms in total. The topological polar surface area (TPSA) is 42.7 Å². The molecule has 0 unspecified atom stereocenters. The Morgan fingerprint density at radius 2 is 1.80 bits per heavy atom. The van der Waals surface area contributed by atoms with Gasteiger partial charge in [0.2, 0.25) is 0 Å². The highest BCUT2D eigenvalue weighted by atomic mass is 16.5. The molecule has 3 rings (SSSR count). The van der Waals surface area contributed by atoms with Gasteiger partial charge in [-0.15, -0.1) is 0 Å². The molecule has 25 heavy (non-hydrogen) atoms. The second-order valence-electron chi connectivity index (χ2n) is 8.37. The van der Waals surface area contributed by atoms with Crippen molar-refractivity contribution in [2.45, 2.75) is 70.1 Å². The summed E-state index contributed by atoms with van der Waals surface area (Å²) in [7, 11) is 0. The van der Waals surface area contributed by atoms with E-state index in [4.69, 9.17) is 4.74 Å². The quantitative estimate of drug-likeness (QED) is 0.763. The first-order valence-electron chi connectivity index (χ1n) is 10.4. The van der Waals surface area contributed by atoms with Crippen molar-refractivity contribution in [3.63, 3.8) is 0 Å². The van der Waals surface area contributed by atoms with Crippen molar-refractivity contribution in [2.24, 2.45) is 0 Å². The van der Waals surface area contributed by atoms with Crippen LogP contribution in [0.15, 0.2) is 0 Å². The zero-order valence-corrected chi connectivity index (χ0v) is 16.3. The number of nitrogens with zero attached hydrogens (tertiary/aromatic N) is 4. The lowest BCUT2D eigenvalue weighted by Crippen LogP contribution is -2.59. The summed E-state index contributed by atoms with van der Waals surface area (Å²) in [4.78, 5) is 7.58. The number of nitriles is 1. The maximum atomic E-state index is 9.82. The van der Waals surface area contributed by atoms with Gasteiger partial charge in [-0.1, -0.05) is 0 Å². The summed E-state index contributed by atoms with van der Waals surface area (Å²) in [6.45, 7) is 13.4. The summed E-state index contributed by atoms with van der Waals surface area (Å²) in [5.41, 5.74) is -0.172. The van der Waals surface area contributed by atoms with E-state index in [1.807, 2.05) is 0 Å². The fraction of sp³-hybridized carbons (Fsp3) is 0.950. The lowest BCUT2D eigenvalue weighted by Gasteiger charge is -2.48. The second-order valence-corrected chi connectivity index (χ2v) is 8.37. The van der Waals surface area contributed by atoms with Crippen LogP contribution in [0.4, 0.5) is 0 Å². The minimum absolute atomic E-state index is 0.0423. The number of piperidine rings is 1. The average Bonchev–Trinajstić information content (AvgIpc) is 2.63. The van der Waals surface area contributed by atoms with Gasteiger partial charge in [0.05, 0.1) is 11.7 Å². The van der Waals surface area contributed by atoms with Crippen molar-refractivity contribution >= 4 is 0 Å². The van der Waals surface area contributed by atoms with Crippen molar-refractivity contribution in [3.8, 4) is 6.07 Å².